The molecule has 19 heavy (non-hydrogen) atoms. The Bertz CT molecular complexity index is 277. The quantitative estimate of drug-likeness (QED) is 0.471. The second kappa shape index (κ2) is 11.0. The monoisotopic (exact) mass is 268 g/mol. The van der Waals surface area contributed by atoms with E-state index in [2.05, 4.69) is 16.7 Å². The number of hydrogen-bond donors (Lipinski definition) is 2. The van der Waals surface area contributed by atoms with Crippen LogP contribution in [0.25, 0.3) is 0 Å². The van der Waals surface area contributed by atoms with Crippen LogP contribution in [0.1, 0.15) is 44.9 Å². The van der Waals surface area contributed by atoms with Crippen LogP contribution < -0.4 is 10.6 Å². The molecule has 0 aromatic carbocycles. The summed E-state index contributed by atoms with van der Waals surface area (Å²) in [6.45, 7) is 3.22. The molecule has 110 valence electrons. The van der Waals surface area contributed by atoms with Gasteiger partial charge in [-0.2, -0.15) is 0 Å². The maximum Gasteiger partial charge on any atom is 0.221 e. The average molecular weight is 268 g/mol. The maximum absolute atomic E-state index is 11.6. The number of methoxy groups -OCH3 is 1. The highest BCUT2D eigenvalue weighted by atomic mass is 16.5. The van der Waals surface area contributed by atoms with E-state index in [1.165, 1.54) is 31.3 Å². The van der Waals surface area contributed by atoms with Gasteiger partial charge in [-0.3, -0.25) is 4.79 Å². The number of nitrogens with one attached hydrogen (secondary N) is 2. The van der Waals surface area contributed by atoms with Gasteiger partial charge in [-0.15, -0.1) is 0 Å². The Balaban J connectivity index is 1.91. The van der Waals surface area contributed by atoms with Gasteiger partial charge in [0, 0.05) is 33.2 Å². The highest BCUT2D eigenvalue weighted by molar-refractivity contribution is 5.76. The fourth-order valence-corrected chi connectivity index (χ4v) is 2.25. The first-order chi connectivity index (χ1) is 9.33. The van der Waals surface area contributed by atoms with Gasteiger partial charge in [0.05, 0.1) is 0 Å². The first-order valence-corrected chi connectivity index (χ1v) is 7.47. The van der Waals surface area contributed by atoms with Crippen LogP contribution in [-0.2, 0) is 9.53 Å². The van der Waals surface area contributed by atoms with Crippen molar-refractivity contribution in [2.75, 3.05) is 33.4 Å². The molecule has 0 saturated carbocycles. The lowest BCUT2D eigenvalue weighted by atomic mass is 9.97. The third-order valence-electron chi connectivity index (χ3n) is 3.38. The zero-order chi connectivity index (χ0) is 13.8. The van der Waals surface area contributed by atoms with Gasteiger partial charge in [0.1, 0.15) is 0 Å². The summed E-state index contributed by atoms with van der Waals surface area (Å²) in [7, 11) is 1.70. The Morgan fingerprint density at radius 2 is 2.21 bits per heavy atom. The average Bonchev–Trinajstić information content (AvgIpc) is 2.44. The molecule has 1 aliphatic carbocycles. The van der Waals surface area contributed by atoms with Crippen LogP contribution in [0.15, 0.2) is 11.6 Å². The zero-order valence-electron chi connectivity index (χ0n) is 12.2. The second-order valence-corrected chi connectivity index (χ2v) is 5.05. The van der Waals surface area contributed by atoms with Gasteiger partial charge in [0.2, 0.25) is 5.91 Å². The lowest BCUT2D eigenvalue weighted by molar-refractivity contribution is -0.120. The van der Waals surface area contributed by atoms with E-state index in [1.54, 1.807) is 7.11 Å². The molecule has 0 spiro atoms. The molecule has 4 heteroatoms. The lowest BCUT2D eigenvalue weighted by Crippen LogP contribution is -2.29. The molecule has 0 fully saturated rings. The molecule has 1 rings (SSSR count). The molecule has 0 atom stereocenters. The molecule has 0 bridgehead atoms. The summed E-state index contributed by atoms with van der Waals surface area (Å²) >= 11 is 0. The molecule has 1 amide bonds. The number of carbonyl (C=O) groups is 1. The van der Waals surface area contributed by atoms with Crippen LogP contribution in [0.4, 0.5) is 0 Å². The Labute approximate surface area is 117 Å². The summed E-state index contributed by atoms with van der Waals surface area (Å²) in [5.41, 5.74) is 1.52. The van der Waals surface area contributed by atoms with Crippen molar-refractivity contribution in [2.24, 2.45) is 0 Å². The molecular formula is C15H28N2O2. The minimum atomic E-state index is 0.149. The minimum Gasteiger partial charge on any atom is -0.385 e. The molecular weight excluding hydrogens is 240 g/mol. The van der Waals surface area contributed by atoms with Crippen molar-refractivity contribution in [3.8, 4) is 0 Å². The standard InChI is InChI=1S/C15H28N2O2/c1-19-13-5-10-16-11-9-15(18)17-12-8-14-6-3-2-4-7-14/h6,16H,2-5,7-13H2,1H3,(H,17,18). The summed E-state index contributed by atoms with van der Waals surface area (Å²) in [6.07, 6.45) is 9.99. The van der Waals surface area contributed by atoms with Gasteiger partial charge < -0.3 is 15.4 Å². The van der Waals surface area contributed by atoms with Gasteiger partial charge in [0.25, 0.3) is 0 Å². The largest absolute Gasteiger partial charge is 0.385 e. The fraction of sp³-hybridized carbons (Fsp3) is 0.800. The Morgan fingerprint density at radius 3 is 2.95 bits per heavy atom. The number of amides is 1. The molecule has 0 aliphatic heterocycles. The van der Waals surface area contributed by atoms with Crippen LogP contribution in [0.5, 0.6) is 0 Å². The highest BCUT2D eigenvalue weighted by Gasteiger charge is 2.04. The minimum absolute atomic E-state index is 0.149. The van der Waals surface area contributed by atoms with Crippen molar-refractivity contribution in [2.45, 2.75) is 44.9 Å². The third-order valence-corrected chi connectivity index (χ3v) is 3.38. The predicted molar refractivity (Wildman–Crippen MR) is 78.2 cm³/mol. The molecule has 0 radical (unpaired) electrons. The molecule has 0 heterocycles. The molecule has 0 aromatic rings. The zero-order valence-corrected chi connectivity index (χ0v) is 12.2. The van der Waals surface area contributed by atoms with E-state index in [0.29, 0.717) is 6.42 Å². The van der Waals surface area contributed by atoms with E-state index in [-0.39, 0.29) is 5.91 Å². The normalized spacial score (nSPS) is 15.1. The summed E-state index contributed by atoms with van der Waals surface area (Å²) in [5, 5.41) is 6.23. The van der Waals surface area contributed by atoms with Crippen molar-refractivity contribution < 1.29 is 9.53 Å². The predicted octanol–water partition coefficient (Wildman–Crippen LogP) is 2.01. The highest BCUT2D eigenvalue weighted by Crippen LogP contribution is 2.19. The van der Waals surface area contributed by atoms with Crippen molar-refractivity contribution in [1.82, 2.24) is 10.6 Å². The Hall–Kier alpha value is -0.870. The molecule has 0 saturated heterocycles. The molecule has 0 unspecified atom stereocenters. The number of hydrogen-bond acceptors (Lipinski definition) is 3. The lowest BCUT2D eigenvalue weighted by Gasteiger charge is -2.13. The Kier molecular flexibility index (Phi) is 9.37. The van der Waals surface area contributed by atoms with Gasteiger partial charge in [-0.1, -0.05) is 11.6 Å². The number of carbonyl (C=O) groups excluding carboxylic acids is 1. The van der Waals surface area contributed by atoms with E-state index in [1.807, 2.05) is 0 Å². The Morgan fingerprint density at radius 1 is 1.32 bits per heavy atom. The van der Waals surface area contributed by atoms with E-state index in [0.717, 1.165) is 39.1 Å². The smallest absolute Gasteiger partial charge is 0.221 e. The van der Waals surface area contributed by atoms with E-state index < -0.39 is 0 Å². The van der Waals surface area contributed by atoms with E-state index >= 15 is 0 Å². The van der Waals surface area contributed by atoms with Gasteiger partial charge >= 0.3 is 0 Å². The SMILES string of the molecule is COCCCNCCC(=O)NCCC1=CCCCC1. The summed E-state index contributed by atoms with van der Waals surface area (Å²) < 4.78 is 4.96. The van der Waals surface area contributed by atoms with Gasteiger partial charge in [0.15, 0.2) is 0 Å². The number of rotatable bonds is 10. The van der Waals surface area contributed by atoms with Gasteiger partial charge in [-0.25, -0.2) is 0 Å². The second-order valence-electron chi connectivity index (χ2n) is 5.05. The third kappa shape index (κ3) is 8.78. The maximum atomic E-state index is 11.6. The van der Waals surface area contributed by atoms with Crippen LogP contribution in [0, 0.1) is 0 Å². The first kappa shape index (κ1) is 16.2. The molecule has 0 aromatic heterocycles. The van der Waals surface area contributed by atoms with E-state index in [9.17, 15) is 4.79 Å². The topological polar surface area (TPSA) is 50.4 Å². The van der Waals surface area contributed by atoms with Crippen LogP contribution in [-0.4, -0.2) is 39.3 Å². The van der Waals surface area contributed by atoms with Crippen molar-refractivity contribution in [3.05, 3.63) is 11.6 Å². The number of allylic oxidation sites excluding steroid dienone is 1. The van der Waals surface area contributed by atoms with Crippen molar-refractivity contribution in [3.63, 3.8) is 0 Å². The van der Waals surface area contributed by atoms with Crippen LogP contribution in [0.2, 0.25) is 0 Å². The van der Waals surface area contributed by atoms with Gasteiger partial charge in [-0.05, 0) is 45.1 Å². The van der Waals surface area contributed by atoms with E-state index in [4.69, 9.17) is 4.74 Å². The van der Waals surface area contributed by atoms with Crippen LogP contribution >= 0.6 is 0 Å². The number of ether oxygens (including phenoxy) is 1. The summed E-state index contributed by atoms with van der Waals surface area (Å²) in [4.78, 5) is 11.6. The summed E-state index contributed by atoms with van der Waals surface area (Å²) in [6, 6.07) is 0. The molecule has 2 N–H and O–H groups in total. The first-order valence-electron chi connectivity index (χ1n) is 7.47. The van der Waals surface area contributed by atoms with Crippen LogP contribution in [0.3, 0.4) is 0 Å². The summed E-state index contributed by atoms with van der Waals surface area (Å²) in [5.74, 6) is 0.149. The van der Waals surface area contributed by atoms with Crippen molar-refractivity contribution >= 4 is 5.91 Å². The molecule has 1 aliphatic rings. The van der Waals surface area contributed by atoms with Crippen molar-refractivity contribution in [1.29, 1.82) is 0 Å². The fourth-order valence-electron chi connectivity index (χ4n) is 2.25. The molecule has 4 nitrogen and oxygen atoms in total.